The van der Waals surface area contributed by atoms with Gasteiger partial charge >= 0.3 is 0 Å². The molecule has 1 unspecified atom stereocenters. The molecule has 0 bridgehead atoms. The Kier molecular flexibility index (Phi) is 6.44. The van der Waals surface area contributed by atoms with Gasteiger partial charge in [-0.3, -0.25) is 9.78 Å². The van der Waals surface area contributed by atoms with Crippen molar-refractivity contribution in [3.63, 3.8) is 0 Å². The standard InChI is InChI=1S/C20H24N2O4/c1-24-19-11-16(13-22-20(23)12-17-3-2-10-25-17)4-5-18(19)26-14-15-6-8-21-9-7-15/h4-9,11,17H,2-3,10,12-14H2,1H3,(H,22,23). The van der Waals surface area contributed by atoms with Gasteiger partial charge in [0.1, 0.15) is 6.61 Å². The zero-order valence-corrected chi connectivity index (χ0v) is 14.9. The normalized spacial score (nSPS) is 16.3. The maximum absolute atomic E-state index is 12.0. The fourth-order valence-corrected chi connectivity index (χ4v) is 2.87. The molecule has 1 aromatic carbocycles. The largest absolute Gasteiger partial charge is 0.493 e. The lowest BCUT2D eigenvalue weighted by atomic mass is 10.1. The summed E-state index contributed by atoms with van der Waals surface area (Å²) in [5, 5.41) is 2.93. The molecule has 2 aromatic rings. The van der Waals surface area contributed by atoms with E-state index in [1.807, 2.05) is 30.3 Å². The quantitative estimate of drug-likeness (QED) is 0.788. The molecule has 0 aliphatic carbocycles. The molecule has 0 spiro atoms. The van der Waals surface area contributed by atoms with Crippen LogP contribution in [-0.2, 0) is 22.7 Å². The third-order valence-electron chi connectivity index (χ3n) is 4.30. The summed E-state index contributed by atoms with van der Waals surface area (Å²) in [7, 11) is 1.61. The van der Waals surface area contributed by atoms with E-state index < -0.39 is 0 Å². The molecule has 6 nitrogen and oxygen atoms in total. The fourth-order valence-electron chi connectivity index (χ4n) is 2.87. The van der Waals surface area contributed by atoms with Crippen LogP contribution >= 0.6 is 0 Å². The van der Waals surface area contributed by atoms with Crippen LogP contribution in [0.1, 0.15) is 30.4 Å². The van der Waals surface area contributed by atoms with Gasteiger partial charge in [0.05, 0.1) is 19.6 Å². The summed E-state index contributed by atoms with van der Waals surface area (Å²) in [6, 6.07) is 9.49. The van der Waals surface area contributed by atoms with Crippen molar-refractivity contribution in [1.29, 1.82) is 0 Å². The Labute approximate surface area is 153 Å². The Morgan fingerprint density at radius 2 is 2.08 bits per heavy atom. The van der Waals surface area contributed by atoms with E-state index in [9.17, 15) is 4.79 Å². The summed E-state index contributed by atoms with van der Waals surface area (Å²) < 4.78 is 16.7. The number of nitrogens with zero attached hydrogens (tertiary/aromatic N) is 1. The number of hydrogen-bond acceptors (Lipinski definition) is 5. The van der Waals surface area contributed by atoms with Crippen molar-refractivity contribution in [3.05, 3.63) is 53.9 Å². The van der Waals surface area contributed by atoms with E-state index in [-0.39, 0.29) is 12.0 Å². The van der Waals surface area contributed by atoms with Gasteiger partial charge in [0, 0.05) is 25.5 Å². The number of amides is 1. The first-order valence-corrected chi connectivity index (χ1v) is 8.81. The van der Waals surface area contributed by atoms with Crippen molar-refractivity contribution in [2.75, 3.05) is 13.7 Å². The van der Waals surface area contributed by atoms with Crippen LogP contribution in [0.5, 0.6) is 11.5 Å². The summed E-state index contributed by atoms with van der Waals surface area (Å²) in [6.07, 6.45) is 5.95. The first kappa shape index (κ1) is 18.2. The van der Waals surface area contributed by atoms with Crippen LogP contribution in [0.3, 0.4) is 0 Å². The van der Waals surface area contributed by atoms with Gasteiger partial charge in [-0.25, -0.2) is 0 Å². The first-order chi connectivity index (χ1) is 12.7. The van der Waals surface area contributed by atoms with Crippen molar-refractivity contribution in [3.8, 4) is 11.5 Å². The van der Waals surface area contributed by atoms with Crippen LogP contribution in [0.15, 0.2) is 42.7 Å². The maximum Gasteiger partial charge on any atom is 0.222 e. The lowest BCUT2D eigenvalue weighted by Crippen LogP contribution is -2.26. The minimum atomic E-state index is 0.00822. The molecular formula is C20H24N2O4. The molecule has 1 N–H and O–H groups in total. The van der Waals surface area contributed by atoms with Gasteiger partial charge in [0.2, 0.25) is 5.91 Å². The molecule has 0 radical (unpaired) electrons. The second-order valence-electron chi connectivity index (χ2n) is 6.25. The Morgan fingerprint density at radius 3 is 2.81 bits per heavy atom. The average molecular weight is 356 g/mol. The smallest absolute Gasteiger partial charge is 0.222 e. The zero-order chi connectivity index (χ0) is 18.2. The summed E-state index contributed by atoms with van der Waals surface area (Å²) >= 11 is 0. The number of carbonyl (C=O) groups is 1. The van der Waals surface area contributed by atoms with Crippen molar-refractivity contribution in [1.82, 2.24) is 10.3 Å². The SMILES string of the molecule is COc1cc(CNC(=O)CC2CCCO2)ccc1OCc1ccncc1. The summed E-state index contributed by atoms with van der Waals surface area (Å²) in [6.45, 7) is 1.65. The second kappa shape index (κ2) is 9.20. The van der Waals surface area contributed by atoms with Gasteiger partial charge in [-0.1, -0.05) is 6.07 Å². The van der Waals surface area contributed by atoms with Crippen LogP contribution < -0.4 is 14.8 Å². The number of ether oxygens (including phenoxy) is 3. The highest BCUT2D eigenvalue weighted by atomic mass is 16.5. The lowest BCUT2D eigenvalue weighted by Gasteiger charge is -2.13. The molecule has 1 aromatic heterocycles. The van der Waals surface area contributed by atoms with Crippen LogP contribution in [0.4, 0.5) is 0 Å². The molecule has 6 heteroatoms. The first-order valence-electron chi connectivity index (χ1n) is 8.81. The highest BCUT2D eigenvalue weighted by Gasteiger charge is 2.18. The number of carbonyl (C=O) groups excluding carboxylic acids is 1. The van der Waals surface area contributed by atoms with E-state index in [1.54, 1.807) is 19.5 Å². The Hall–Kier alpha value is -2.60. The highest BCUT2D eigenvalue weighted by molar-refractivity contribution is 5.76. The van der Waals surface area contributed by atoms with E-state index in [2.05, 4.69) is 10.3 Å². The second-order valence-corrected chi connectivity index (χ2v) is 6.25. The van der Waals surface area contributed by atoms with Crippen molar-refractivity contribution in [2.45, 2.75) is 38.5 Å². The molecule has 1 aliphatic rings. The molecule has 26 heavy (non-hydrogen) atoms. The van der Waals surface area contributed by atoms with Crippen LogP contribution in [0.25, 0.3) is 0 Å². The summed E-state index contributed by atoms with van der Waals surface area (Å²) in [5.41, 5.74) is 1.99. The number of methoxy groups -OCH3 is 1. The Bertz CT molecular complexity index is 715. The van der Waals surface area contributed by atoms with E-state index in [0.717, 1.165) is 30.6 Å². The van der Waals surface area contributed by atoms with Crippen molar-refractivity contribution in [2.24, 2.45) is 0 Å². The number of hydrogen-bond donors (Lipinski definition) is 1. The topological polar surface area (TPSA) is 69.7 Å². The molecule has 1 aliphatic heterocycles. The molecule has 1 saturated heterocycles. The Morgan fingerprint density at radius 1 is 1.23 bits per heavy atom. The molecule has 138 valence electrons. The number of rotatable bonds is 8. The summed E-state index contributed by atoms with van der Waals surface area (Å²) in [5.74, 6) is 1.32. The minimum Gasteiger partial charge on any atom is -0.493 e. The monoisotopic (exact) mass is 356 g/mol. The number of pyridine rings is 1. The zero-order valence-electron chi connectivity index (χ0n) is 14.9. The molecule has 3 rings (SSSR count). The van der Waals surface area contributed by atoms with Gasteiger partial charge in [-0.15, -0.1) is 0 Å². The molecule has 0 saturated carbocycles. The molecule has 1 atom stereocenters. The van der Waals surface area contributed by atoms with Gasteiger partial charge in [0.25, 0.3) is 0 Å². The number of aromatic nitrogens is 1. The molecular weight excluding hydrogens is 332 g/mol. The van der Waals surface area contributed by atoms with Crippen molar-refractivity contribution < 1.29 is 19.0 Å². The molecule has 1 amide bonds. The van der Waals surface area contributed by atoms with E-state index >= 15 is 0 Å². The predicted octanol–water partition coefficient (Wildman–Crippen LogP) is 2.85. The van der Waals surface area contributed by atoms with Crippen LogP contribution in [-0.4, -0.2) is 30.7 Å². The third kappa shape index (κ3) is 5.20. The highest BCUT2D eigenvalue weighted by Crippen LogP contribution is 2.28. The summed E-state index contributed by atoms with van der Waals surface area (Å²) in [4.78, 5) is 16.0. The molecule has 1 fully saturated rings. The fraction of sp³-hybridized carbons (Fsp3) is 0.400. The van der Waals surface area contributed by atoms with Gasteiger partial charge in [-0.05, 0) is 48.2 Å². The number of nitrogens with one attached hydrogen (secondary N) is 1. The van der Waals surface area contributed by atoms with Crippen molar-refractivity contribution >= 4 is 5.91 Å². The van der Waals surface area contributed by atoms with Crippen LogP contribution in [0, 0.1) is 0 Å². The van der Waals surface area contributed by atoms with E-state index in [4.69, 9.17) is 14.2 Å². The third-order valence-corrected chi connectivity index (χ3v) is 4.30. The number of benzene rings is 1. The van der Waals surface area contributed by atoms with Gasteiger partial charge in [0.15, 0.2) is 11.5 Å². The van der Waals surface area contributed by atoms with Crippen LogP contribution in [0.2, 0.25) is 0 Å². The predicted molar refractivity (Wildman–Crippen MR) is 97.0 cm³/mol. The Balaban J connectivity index is 1.53. The van der Waals surface area contributed by atoms with E-state index in [1.165, 1.54) is 0 Å². The maximum atomic E-state index is 12.0. The van der Waals surface area contributed by atoms with E-state index in [0.29, 0.717) is 31.1 Å². The molecule has 2 heterocycles. The minimum absolute atomic E-state index is 0.00822. The van der Waals surface area contributed by atoms with Gasteiger partial charge < -0.3 is 19.5 Å². The lowest BCUT2D eigenvalue weighted by molar-refractivity contribution is -0.123. The average Bonchev–Trinajstić information content (AvgIpc) is 3.18. The van der Waals surface area contributed by atoms with Gasteiger partial charge in [-0.2, -0.15) is 0 Å².